The van der Waals surface area contributed by atoms with E-state index in [9.17, 15) is 4.79 Å². The van der Waals surface area contributed by atoms with Crippen molar-refractivity contribution in [3.8, 4) is 0 Å². The van der Waals surface area contributed by atoms with Crippen LogP contribution in [0.1, 0.15) is 59.2 Å². The number of nitrogens with one attached hydrogen (secondary N) is 1. The van der Waals surface area contributed by atoms with Gasteiger partial charge in [0.1, 0.15) is 11.4 Å². The highest BCUT2D eigenvalue weighted by Gasteiger charge is 2.46. The van der Waals surface area contributed by atoms with Gasteiger partial charge in [-0.1, -0.05) is 44.0 Å². The summed E-state index contributed by atoms with van der Waals surface area (Å²) < 4.78 is 29.5. The monoisotopic (exact) mass is 636 g/mol. The first kappa shape index (κ1) is 32.6. The van der Waals surface area contributed by atoms with Gasteiger partial charge in [-0.25, -0.2) is 9.18 Å². The first-order chi connectivity index (χ1) is 19.3. The SMILES string of the molecule is Cc1nn(CCO[Si](C)(C)C(C)(C)C)c2cc(NC3(c4c(F)ccc(Cl)c4Cl)CCN(C(=O)OC(C)(C)C)C3)ccc12. The third kappa shape index (κ3) is 6.74. The Morgan fingerprint density at radius 2 is 1.83 bits per heavy atom. The third-order valence-corrected chi connectivity index (χ3v) is 13.7. The molecule has 11 heteroatoms. The number of hydrogen-bond donors (Lipinski definition) is 1. The number of halogens is 3. The van der Waals surface area contributed by atoms with E-state index in [0.717, 1.165) is 22.3 Å². The summed E-state index contributed by atoms with van der Waals surface area (Å²) in [7, 11) is -1.90. The number of ether oxygens (including phenoxy) is 1. The van der Waals surface area contributed by atoms with E-state index < -0.39 is 31.4 Å². The number of likely N-dealkylation sites (tertiary alicyclic amines) is 1. The third-order valence-electron chi connectivity index (χ3n) is 8.34. The summed E-state index contributed by atoms with van der Waals surface area (Å²) in [6, 6.07) is 8.72. The molecule has 0 bridgehead atoms. The van der Waals surface area contributed by atoms with Gasteiger partial charge in [-0.3, -0.25) is 4.68 Å². The van der Waals surface area contributed by atoms with Crippen molar-refractivity contribution in [3.63, 3.8) is 0 Å². The molecule has 7 nitrogen and oxygen atoms in total. The van der Waals surface area contributed by atoms with E-state index in [1.54, 1.807) is 4.90 Å². The first-order valence-electron chi connectivity index (χ1n) is 14.3. The molecule has 1 atom stereocenters. The molecule has 1 saturated heterocycles. The number of amides is 1. The molecule has 1 N–H and O–H groups in total. The normalized spacial score (nSPS) is 18.1. The van der Waals surface area contributed by atoms with E-state index >= 15 is 4.39 Å². The maximum absolute atomic E-state index is 15.5. The second-order valence-electron chi connectivity index (χ2n) is 13.7. The van der Waals surface area contributed by atoms with Crippen molar-refractivity contribution >= 4 is 54.2 Å². The van der Waals surface area contributed by atoms with Gasteiger partial charge in [0.2, 0.25) is 0 Å². The molecular weight excluding hydrogens is 594 g/mol. The van der Waals surface area contributed by atoms with Gasteiger partial charge in [-0.05, 0) is 82.6 Å². The highest BCUT2D eigenvalue weighted by atomic mass is 35.5. The Hall–Kier alpha value is -2.33. The molecule has 4 rings (SSSR count). The number of anilines is 1. The highest BCUT2D eigenvalue weighted by molar-refractivity contribution is 6.74. The van der Waals surface area contributed by atoms with Crippen LogP contribution in [-0.4, -0.2) is 54.4 Å². The number of rotatable bonds is 7. The molecule has 0 radical (unpaired) electrons. The van der Waals surface area contributed by atoms with Gasteiger partial charge < -0.3 is 19.4 Å². The Bertz CT molecular complexity index is 1480. The van der Waals surface area contributed by atoms with E-state index in [4.69, 9.17) is 37.5 Å². The minimum Gasteiger partial charge on any atom is -0.444 e. The fraction of sp³-hybridized carbons (Fsp3) is 0.548. The molecule has 1 aliphatic heterocycles. The lowest BCUT2D eigenvalue weighted by molar-refractivity contribution is 0.0286. The summed E-state index contributed by atoms with van der Waals surface area (Å²) in [5.74, 6) is -0.493. The quantitative estimate of drug-likeness (QED) is 0.207. The predicted octanol–water partition coefficient (Wildman–Crippen LogP) is 8.76. The van der Waals surface area contributed by atoms with Crippen molar-refractivity contribution < 1.29 is 18.3 Å². The summed E-state index contributed by atoms with van der Waals surface area (Å²) in [6.45, 7) is 20.3. The lowest BCUT2D eigenvalue weighted by atomic mass is 9.87. The van der Waals surface area contributed by atoms with Gasteiger partial charge in [0.25, 0.3) is 0 Å². The minimum atomic E-state index is -1.90. The Kier molecular flexibility index (Phi) is 9.02. The summed E-state index contributed by atoms with van der Waals surface area (Å²) in [5, 5.41) is 9.86. The van der Waals surface area contributed by atoms with Crippen LogP contribution in [0.25, 0.3) is 10.9 Å². The van der Waals surface area contributed by atoms with Gasteiger partial charge in [-0.15, -0.1) is 0 Å². The average Bonchev–Trinajstić information content (AvgIpc) is 3.41. The van der Waals surface area contributed by atoms with Crippen LogP contribution in [-0.2, 0) is 21.2 Å². The molecule has 1 aromatic heterocycles. The standard InChI is InChI=1S/C31H43Cl2FN4O3Si/c1-20-22-11-10-21(18-25(22)38(36-20)16-17-40-42(8,9)30(5,6)7)35-31(26-24(34)13-12-23(32)27(26)33)14-15-37(19-31)28(39)41-29(2,3)4/h10-13,18,35H,14-17,19H2,1-9H3. The Morgan fingerprint density at radius 1 is 1.14 bits per heavy atom. The van der Waals surface area contributed by atoms with E-state index in [1.165, 1.54) is 12.1 Å². The van der Waals surface area contributed by atoms with E-state index in [1.807, 2.05) is 50.6 Å². The van der Waals surface area contributed by atoms with Crippen LogP contribution >= 0.6 is 23.2 Å². The number of aromatic nitrogens is 2. The molecule has 1 amide bonds. The largest absolute Gasteiger partial charge is 0.444 e. The van der Waals surface area contributed by atoms with Crippen molar-refractivity contribution in [2.75, 3.05) is 25.0 Å². The summed E-state index contributed by atoms with van der Waals surface area (Å²) in [6.07, 6.45) is -0.0597. The summed E-state index contributed by atoms with van der Waals surface area (Å²) in [5.41, 5.74) is 1.13. The number of carbonyl (C=O) groups excluding carboxylic acids is 1. The number of hydrogen-bond acceptors (Lipinski definition) is 5. The van der Waals surface area contributed by atoms with Crippen molar-refractivity contribution in [1.29, 1.82) is 0 Å². The average molecular weight is 638 g/mol. The molecule has 3 aromatic rings. The Morgan fingerprint density at radius 3 is 2.48 bits per heavy atom. The van der Waals surface area contributed by atoms with Crippen LogP contribution in [0.15, 0.2) is 30.3 Å². The van der Waals surface area contributed by atoms with Gasteiger partial charge in [0, 0.05) is 23.2 Å². The summed E-state index contributed by atoms with van der Waals surface area (Å²) >= 11 is 13.0. The molecule has 2 aromatic carbocycles. The van der Waals surface area contributed by atoms with Crippen LogP contribution < -0.4 is 5.32 Å². The van der Waals surface area contributed by atoms with Crippen LogP contribution in [0.5, 0.6) is 0 Å². The summed E-state index contributed by atoms with van der Waals surface area (Å²) in [4.78, 5) is 14.6. The molecule has 230 valence electrons. The maximum Gasteiger partial charge on any atom is 0.410 e. The van der Waals surface area contributed by atoms with Gasteiger partial charge in [0.15, 0.2) is 8.32 Å². The highest BCUT2D eigenvalue weighted by Crippen LogP contribution is 2.44. The molecule has 1 fully saturated rings. The number of nitrogens with zero attached hydrogens (tertiary/aromatic N) is 3. The van der Waals surface area contributed by atoms with E-state index in [0.29, 0.717) is 26.1 Å². The topological polar surface area (TPSA) is 68.6 Å². The van der Waals surface area contributed by atoms with Crippen LogP contribution in [0.2, 0.25) is 28.2 Å². The van der Waals surface area contributed by atoms with Gasteiger partial charge >= 0.3 is 6.09 Å². The second-order valence-corrected chi connectivity index (χ2v) is 19.3. The van der Waals surface area contributed by atoms with Crippen LogP contribution in [0, 0.1) is 12.7 Å². The molecule has 0 saturated carbocycles. The number of carbonyl (C=O) groups is 1. The van der Waals surface area contributed by atoms with Crippen LogP contribution in [0.3, 0.4) is 0 Å². The van der Waals surface area contributed by atoms with Gasteiger partial charge in [-0.2, -0.15) is 5.10 Å². The predicted molar refractivity (Wildman–Crippen MR) is 172 cm³/mol. The van der Waals surface area contributed by atoms with E-state index in [2.05, 4.69) is 39.2 Å². The molecule has 1 unspecified atom stereocenters. The van der Waals surface area contributed by atoms with Crippen molar-refractivity contribution in [2.24, 2.45) is 0 Å². The lowest BCUT2D eigenvalue weighted by Crippen LogP contribution is -2.42. The smallest absolute Gasteiger partial charge is 0.410 e. The second kappa shape index (κ2) is 11.6. The number of aryl methyl sites for hydroxylation is 1. The zero-order valence-corrected chi connectivity index (χ0v) is 28.6. The fourth-order valence-electron chi connectivity index (χ4n) is 5.09. The van der Waals surface area contributed by atoms with Crippen molar-refractivity contribution in [1.82, 2.24) is 14.7 Å². The maximum atomic E-state index is 15.5. The van der Waals surface area contributed by atoms with Gasteiger partial charge in [0.05, 0.1) is 46.5 Å². The van der Waals surface area contributed by atoms with Crippen molar-refractivity contribution in [2.45, 2.75) is 90.7 Å². The molecule has 1 aliphatic rings. The fourth-order valence-corrected chi connectivity index (χ4v) is 6.62. The molecule has 0 aliphatic carbocycles. The lowest BCUT2D eigenvalue weighted by Gasteiger charge is -2.36. The van der Waals surface area contributed by atoms with E-state index in [-0.39, 0.29) is 27.2 Å². The molecule has 0 spiro atoms. The Balaban J connectivity index is 1.69. The first-order valence-corrected chi connectivity index (χ1v) is 18.0. The number of fused-ring (bicyclic) bond motifs is 1. The minimum absolute atomic E-state index is 0.117. The Labute approximate surface area is 259 Å². The van der Waals surface area contributed by atoms with Crippen LogP contribution in [0.4, 0.5) is 14.9 Å². The zero-order chi connectivity index (χ0) is 31.3. The number of benzene rings is 2. The molecule has 42 heavy (non-hydrogen) atoms. The molecular formula is C31H43Cl2FN4O3Si. The van der Waals surface area contributed by atoms with Crippen molar-refractivity contribution in [3.05, 3.63) is 57.5 Å². The zero-order valence-electron chi connectivity index (χ0n) is 26.1. The molecule has 2 heterocycles.